The molecule has 0 saturated heterocycles. The molecule has 1 aromatic carbocycles. The number of nitrogens with zero attached hydrogens (tertiary/aromatic N) is 1. The van der Waals surface area contributed by atoms with Gasteiger partial charge in [0.1, 0.15) is 0 Å². The van der Waals surface area contributed by atoms with E-state index in [-0.39, 0.29) is 13.8 Å². The Morgan fingerprint density at radius 2 is 2.14 bits per heavy atom. The van der Waals surface area contributed by atoms with Crippen molar-refractivity contribution in [3.8, 4) is 0 Å². The summed E-state index contributed by atoms with van der Waals surface area (Å²) in [5, 5.41) is 10.5. The number of alkyl halides is 2. The zero-order chi connectivity index (χ0) is 10.3. The largest absolute Gasteiger partial charge is 0.269 e. The van der Waals surface area contributed by atoms with E-state index in [1.165, 1.54) is 6.07 Å². The van der Waals surface area contributed by atoms with E-state index in [1.54, 1.807) is 12.1 Å². The molecular formula is C9H7Br2NO2. The Kier molecular flexibility index (Phi) is 2.39. The van der Waals surface area contributed by atoms with Crippen LogP contribution in [0.2, 0.25) is 0 Å². The van der Waals surface area contributed by atoms with Crippen molar-refractivity contribution in [1.82, 2.24) is 0 Å². The summed E-state index contributed by atoms with van der Waals surface area (Å²) >= 11 is 7.00. The number of nitro benzene ring substituents is 1. The van der Waals surface area contributed by atoms with Gasteiger partial charge in [-0.3, -0.25) is 10.1 Å². The minimum atomic E-state index is -0.365. The summed E-state index contributed by atoms with van der Waals surface area (Å²) in [6.45, 7) is 0. The summed E-state index contributed by atoms with van der Waals surface area (Å²) in [6.07, 6.45) is 0.966. The van der Waals surface area contributed by atoms with Gasteiger partial charge in [-0.2, -0.15) is 0 Å². The van der Waals surface area contributed by atoms with E-state index in [4.69, 9.17) is 0 Å². The molecule has 1 unspecified atom stereocenters. The standard InChI is InChI=1S/C9H7Br2NO2/c10-9(11)5-8(9)6-2-1-3-7(4-6)12(13)14/h1-4,8H,5H2. The molecule has 1 saturated carbocycles. The highest BCUT2D eigenvalue weighted by molar-refractivity contribution is 9.25. The number of non-ortho nitro benzene ring substituents is 1. The molecule has 0 spiro atoms. The maximum absolute atomic E-state index is 10.5. The Labute approximate surface area is 97.9 Å². The van der Waals surface area contributed by atoms with Crippen LogP contribution in [0.25, 0.3) is 0 Å². The molecule has 0 radical (unpaired) electrons. The molecule has 2 rings (SSSR count). The maximum atomic E-state index is 10.5. The summed E-state index contributed by atoms with van der Waals surface area (Å²) in [7, 11) is 0. The lowest BCUT2D eigenvalue weighted by Crippen LogP contribution is -1.92. The van der Waals surface area contributed by atoms with Gasteiger partial charge in [0.05, 0.1) is 8.16 Å². The van der Waals surface area contributed by atoms with Gasteiger partial charge in [0.15, 0.2) is 0 Å². The van der Waals surface area contributed by atoms with Crippen LogP contribution in [-0.4, -0.2) is 8.16 Å². The second kappa shape index (κ2) is 3.31. The monoisotopic (exact) mass is 319 g/mol. The summed E-state index contributed by atoms with van der Waals surface area (Å²) in [5.74, 6) is 0.336. The van der Waals surface area contributed by atoms with Crippen molar-refractivity contribution in [3.63, 3.8) is 0 Å². The highest BCUT2D eigenvalue weighted by atomic mass is 79.9. The van der Waals surface area contributed by atoms with Crippen molar-refractivity contribution in [2.75, 3.05) is 0 Å². The first-order valence-corrected chi connectivity index (χ1v) is 5.71. The quantitative estimate of drug-likeness (QED) is 0.475. The number of hydrogen-bond donors (Lipinski definition) is 0. The molecule has 1 atom stereocenters. The molecule has 1 aromatic rings. The molecule has 0 bridgehead atoms. The molecule has 1 aliphatic carbocycles. The number of nitro groups is 1. The van der Waals surface area contributed by atoms with Crippen LogP contribution in [0.1, 0.15) is 17.9 Å². The van der Waals surface area contributed by atoms with Crippen molar-refractivity contribution in [1.29, 1.82) is 0 Å². The van der Waals surface area contributed by atoms with Crippen LogP contribution < -0.4 is 0 Å². The van der Waals surface area contributed by atoms with Crippen LogP contribution in [0.3, 0.4) is 0 Å². The molecule has 0 heterocycles. The Hall–Kier alpha value is -0.420. The van der Waals surface area contributed by atoms with E-state index in [1.807, 2.05) is 6.07 Å². The number of benzene rings is 1. The lowest BCUT2D eigenvalue weighted by atomic mass is 10.1. The van der Waals surface area contributed by atoms with Crippen LogP contribution in [0.5, 0.6) is 0 Å². The van der Waals surface area contributed by atoms with Crippen molar-refractivity contribution >= 4 is 37.5 Å². The van der Waals surface area contributed by atoms with Gasteiger partial charge in [0.2, 0.25) is 0 Å². The topological polar surface area (TPSA) is 43.1 Å². The van der Waals surface area contributed by atoms with Crippen molar-refractivity contribution < 1.29 is 4.92 Å². The van der Waals surface area contributed by atoms with Crippen molar-refractivity contribution in [2.45, 2.75) is 15.6 Å². The van der Waals surface area contributed by atoms with Gasteiger partial charge < -0.3 is 0 Å². The molecule has 3 nitrogen and oxygen atoms in total. The first kappa shape index (κ1) is 10.1. The average molecular weight is 321 g/mol. The lowest BCUT2D eigenvalue weighted by molar-refractivity contribution is -0.384. The fraction of sp³-hybridized carbons (Fsp3) is 0.333. The van der Waals surface area contributed by atoms with Gasteiger partial charge in [-0.25, -0.2) is 0 Å². The summed E-state index contributed by atoms with van der Waals surface area (Å²) in [5.41, 5.74) is 1.16. The highest BCUT2D eigenvalue weighted by Crippen LogP contribution is 2.62. The molecule has 0 aliphatic heterocycles. The Bertz CT molecular complexity index is 392. The third kappa shape index (κ3) is 1.83. The SMILES string of the molecule is O=[N+]([O-])c1cccc(C2CC2(Br)Br)c1. The number of halogens is 2. The molecule has 0 aromatic heterocycles. The zero-order valence-corrected chi connectivity index (χ0v) is 10.3. The van der Waals surface area contributed by atoms with Crippen LogP contribution in [0, 0.1) is 10.1 Å². The second-order valence-corrected chi connectivity index (χ2v) is 7.26. The van der Waals surface area contributed by atoms with Crippen LogP contribution in [-0.2, 0) is 0 Å². The Morgan fingerprint density at radius 3 is 2.64 bits per heavy atom. The molecule has 1 fully saturated rings. The van der Waals surface area contributed by atoms with Gasteiger partial charge in [-0.15, -0.1) is 0 Å². The predicted molar refractivity (Wildman–Crippen MR) is 61.0 cm³/mol. The van der Waals surface area contributed by atoms with Gasteiger partial charge in [-0.1, -0.05) is 44.0 Å². The minimum absolute atomic E-state index is 0.0464. The Morgan fingerprint density at radius 1 is 1.50 bits per heavy atom. The molecule has 1 aliphatic rings. The Balaban J connectivity index is 2.28. The molecule has 74 valence electrons. The van der Waals surface area contributed by atoms with E-state index in [0.717, 1.165) is 12.0 Å². The molecule has 5 heteroatoms. The van der Waals surface area contributed by atoms with Gasteiger partial charge in [0, 0.05) is 18.1 Å². The third-order valence-corrected chi connectivity index (χ3v) is 4.06. The van der Waals surface area contributed by atoms with Crippen LogP contribution >= 0.6 is 31.9 Å². The number of hydrogen-bond acceptors (Lipinski definition) is 2. The summed E-state index contributed by atoms with van der Waals surface area (Å²) in [6, 6.07) is 6.79. The smallest absolute Gasteiger partial charge is 0.258 e. The second-order valence-electron chi connectivity index (χ2n) is 3.37. The summed E-state index contributed by atoms with van der Waals surface area (Å²) < 4.78 is -0.0464. The maximum Gasteiger partial charge on any atom is 0.269 e. The average Bonchev–Trinajstić information content (AvgIpc) is 2.75. The first-order valence-electron chi connectivity index (χ1n) is 4.13. The van der Waals surface area contributed by atoms with E-state index in [9.17, 15) is 10.1 Å². The molecule has 14 heavy (non-hydrogen) atoms. The van der Waals surface area contributed by atoms with Crippen molar-refractivity contribution in [2.24, 2.45) is 0 Å². The predicted octanol–water partition coefficient (Wildman–Crippen LogP) is 3.57. The number of rotatable bonds is 2. The molecule has 0 N–H and O–H groups in total. The fourth-order valence-electron chi connectivity index (χ4n) is 1.43. The van der Waals surface area contributed by atoms with E-state index < -0.39 is 0 Å². The van der Waals surface area contributed by atoms with Crippen LogP contribution in [0.15, 0.2) is 24.3 Å². The van der Waals surface area contributed by atoms with E-state index in [0.29, 0.717) is 5.92 Å². The van der Waals surface area contributed by atoms with Gasteiger partial charge in [-0.05, 0) is 12.0 Å². The molecular weight excluding hydrogens is 314 g/mol. The van der Waals surface area contributed by atoms with Gasteiger partial charge >= 0.3 is 0 Å². The van der Waals surface area contributed by atoms with E-state index >= 15 is 0 Å². The van der Waals surface area contributed by atoms with Crippen LogP contribution in [0.4, 0.5) is 5.69 Å². The normalized spacial score (nSPS) is 23.1. The fourth-order valence-corrected chi connectivity index (χ4v) is 2.61. The minimum Gasteiger partial charge on any atom is -0.258 e. The summed E-state index contributed by atoms with van der Waals surface area (Å²) in [4.78, 5) is 10.2. The first-order chi connectivity index (χ1) is 6.50. The zero-order valence-electron chi connectivity index (χ0n) is 7.11. The molecule has 0 amide bonds. The lowest BCUT2D eigenvalue weighted by Gasteiger charge is -2.00. The van der Waals surface area contributed by atoms with Gasteiger partial charge in [0.25, 0.3) is 5.69 Å². The van der Waals surface area contributed by atoms with E-state index in [2.05, 4.69) is 31.9 Å². The highest BCUT2D eigenvalue weighted by Gasteiger charge is 2.51. The third-order valence-electron chi connectivity index (χ3n) is 2.31. The van der Waals surface area contributed by atoms with Crippen molar-refractivity contribution in [3.05, 3.63) is 39.9 Å².